The molecule has 0 atom stereocenters. The zero-order chi connectivity index (χ0) is 20.4. The van der Waals surface area contributed by atoms with E-state index in [4.69, 9.17) is 4.42 Å². The molecule has 2 heterocycles. The van der Waals surface area contributed by atoms with Crippen LogP contribution >= 0.6 is 0 Å². The van der Waals surface area contributed by atoms with Crippen LogP contribution in [0.2, 0.25) is 0 Å². The third kappa shape index (κ3) is 4.54. The normalized spacial score (nSPS) is 15.8. The first-order valence-corrected chi connectivity index (χ1v) is 10.4. The first-order valence-electron chi connectivity index (χ1n) is 10.4. The summed E-state index contributed by atoms with van der Waals surface area (Å²) in [5, 5.41) is 1.06. The van der Waals surface area contributed by atoms with E-state index in [0.29, 0.717) is 6.42 Å². The summed E-state index contributed by atoms with van der Waals surface area (Å²) < 4.78 is 5.71. The SMILES string of the molecule is CC(C)(C)c1ccc2occ(CC(=O)N3CCN(Cc4ccccc4)CC3)c2c1. The van der Waals surface area contributed by atoms with E-state index in [9.17, 15) is 4.79 Å². The predicted octanol–water partition coefficient (Wildman–Crippen LogP) is 4.62. The van der Waals surface area contributed by atoms with Crippen LogP contribution in [0.1, 0.15) is 37.5 Å². The van der Waals surface area contributed by atoms with E-state index < -0.39 is 0 Å². The van der Waals surface area contributed by atoms with Gasteiger partial charge in [0.25, 0.3) is 0 Å². The lowest BCUT2D eigenvalue weighted by Gasteiger charge is -2.34. The van der Waals surface area contributed by atoms with Crippen LogP contribution in [0.15, 0.2) is 59.2 Å². The first-order chi connectivity index (χ1) is 13.9. The Labute approximate surface area is 173 Å². The van der Waals surface area contributed by atoms with Gasteiger partial charge < -0.3 is 9.32 Å². The highest BCUT2D eigenvalue weighted by Gasteiger charge is 2.23. The summed E-state index contributed by atoms with van der Waals surface area (Å²) in [4.78, 5) is 17.3. The fourth-order valence-electron chi connectivity index (χ4n) is 3.96. The first kappa shape index (κ1) is 19.7. The van der Waals surface area contributed by atoms with Gasteiger partial charge in [-0.05, 0) is 28.7 Å². The molecule has 2 aromatic carbocycles. The van der Waals surface area contributed by atoms with Crippen molar-refractivity contribution in [1.82, 2.24) is 9.80 Å². The van der Waals surface area contributed by atoms with E-state index in [2.05, 4.69) is 62.1 Å². The van der Waals surface area contributed by atoms with Gasteiger partial charge in [0.15, 0.2) is 0 Å². The highest BCUT2D eigenvalue weighted by molar-refractivity contribution is 5.88. The molecular weight excluding hydrogens is 360 g/mol. The lowest BCUT2D eigenvalue weighted by Crippen LogP contribution is -2.48. The van der Waals surface area contributed by atoms with E-state index in [1.807, 2.05) is 17.0 Å². The molecule has 0 aliphatic carbocycles. The monoisotopic (exact) mass is 390 g/mol. The van der Waals surface area contributed by atoms with Crippen LogP contribution in [0.3, 0.4) is 0 Å². The van der Waals surface area contributed by atoms with Crippen molar-refractivity contribution in [2.45, 2.75) is 39.2 Å². The van der Waals surface area contributed by atoms with Gasteiger partial charge in [-0.15, -0.1) is 0 Å². The number of benzene rings is 2. The zero-order valence-corrected chi connectivity index (χ0v) is 17.6. The Kier molecular flexibility index (Phi) is 5.46. The Hall–Kier alpha value is -2.59. The maximum absolute atomic E-state index is 12.9. The van der Waals surface area contributed by atoms with Crippen LogP contribution in [0.4, 0.5) is 0 Å². The van der Waals surface area contributed by atoms with E-state index in [1.165, 1.54) is 11.1 Å². The second-order valence-electron chi connectivity index (χ2n) is 9.04. The van der Waals surface area contributed by atoms with Gasteiger partial charge in [-0.25, -0.2) is 0 Å². The van der Waals surface area contributed by atoms with Gasteiger partial charge in [0.1, 0.15) is 5.58 Å². The Morgan fingerprint density at radius 3 is 2.41 bits per heavy atom. The minimum absolute atomic E-state index is 0.0713. The van der Waals surface area contributed by atoms with Crippen LogP contribution < -0.4 is 0 Å². The number of fused-ring (bicyclic) bond motifs is 1. The van der Waals surface area contributed by atoms with E-state index in [1.54, 1.807) is 6.26 Å². The van der Waals surface area contributed by atoms with Crippen molar-refractivity contribution in [3.8, 4) is 0 Å². The maximum atomic E-state index is 12.9. The van der Waals surface area contributed by atoms with Gasteiger partial charge in [0.2, 0.25) is 5.91 Å². The van der Waals surface area contributed by atoms with Crippen LogP contribution in [-0.2, 0) is 23.2 Å². The molecule has 29 heavy (non-hydrogen) atoms. The lowest BCUT2D eigenvalue weighted by molar-refractivity contribution is -0.132. The van der Waals surface area contributed by atoms with Gasteiger partial charge in [-0.1, -0.05) is 57.2 Å². The summed E-state index contributed by atoms with van der Waals surface area (Å²) in [5.74, 6) is 0.188. The third-order valence-corrected chi connectivity index (χ3v) is 5.84. The molecule has 1 aliphatic heterocycles. The van der Waals surface area contributed by atoms with Crippen molar-refractivity contribution < 1.29 is 9.21 Å². The van der Waals surface area contributed by atoms with Gasteiger partial charge >= 0.3 is 0 Å². The summed E-state index contributed by atoms with van der Waals surface area (Å²) >= 11 is 0. The molecule has 3 aromatic rings. The summed E-state index contributed by atoms with van der Waals surface area (Å²) in [6.45, 7) is 11.0. The van der Waals surface area contributed by atoms with Gasteiger partial charge in [0, 0.05) is 43.7 Å². The standard InChI is InChI=1S/C25H30N2O2/c1-25(2,3)21-9-10-23-22(16-21)20(18-29-23)15-24(28)27-13-11-26(12-14-27)17-19-7-5-4-6-8-19/h4-10,16,18H,11-15,17H2,1-3H3. The molecule has 0 N–H and O–H groups in total. The minimum atomic E-state index is 0.0713. The Bertz CT molecular complexity index is 977. The Morgan fingerprint density at radius 1 is 1.00 bits per heavy atom. The van der Waals surface area contributed by atoms with Crippen molar-refractivity contribution in [1.29, 1.82) is 0 Å². The third-order valence-electron chi connectivity index (χ3n) is 5.84. The molecule has 0 unspecified atom stereocenters. The smallest absolute Gasteiger partial charge is 0.227 e. The molecule has 1 amide bonds. The number of nitrogens with zero attached hydrogens (tertiary/aromatic N) is 2. The topological polar surface area (TPSA) is 36.7 Å². The number of rotatable bonds is 4. The van der Waals surface area contributed by atoms with Crippen molar-refractivity contribution in [3.63, 3.8) is 0 Å². The van der Waals surface area contributed by atoms with Gasteiger partial charge in [0.05, 0.1) is 12.7 Å². The quantitative estimate of drug-likeness (QED) is 0.652. The number of furan rings is 1. The lowest BCUT2D eigenvalue weighted by atomic mass is 9.86. The second-order valence-corrected chi connectivity index (χ2v) is 9.04. The Balaban J connectivity index is 1.39. The number of carbonyl (C=O) groups excluding carboxylic acids is 1. The van der Waals surface area contributed by atoms with E-state index >= 15 is 0 Å². The Morgan fingerprint density at radius 2 is 1.72 bits per heavy atom. The second kappa shape index (κ2) is 8.03. The van der Waals surface area contributed by atoms with Crippen molar-refractivity contribution in [3.05, 3.63) is 71.5 Å². The maximum Gasteiger partial charge on any atom is 0.227 e. The fourth-order valence-corrected chi connectivity index (χ4v) is 3.96. The van der Waals surface area contributed by atoms with Crippen molar-refractivity contribution in [2.75, 3.05) is 26.2 Å². The molecule has 4 rings (SSSR count). The molecule has 0 bridgehead atoms. The molecule has 4 nitrogen and oxygen atoms in total. The molecule has 1 fully saturated rings. The number of hydrogen-bond acceptors (Lipinski definition) is 3. The average molecular weight is 391 g/mol. The number of piperazine rings is 1. The number of carbonyl (C=O) groups is 1. The molecular formula is C25H30N2O2. The van der Waals surface area contributed by atoms with Crippen LogP contribution in [0.25, 0.3) is 11.0 Å². The van der Waals surface area contributed by atoms with Gasteiger partial charge in [-0.2, -0.15) is 0 Å². The molecule has 0 radical (unpaired) electrons. The fraction of sp³-hybridized carbons (Fsp3) is 0.400. The zero-order valence-electron chi connectivity index (χ0n) is 17.6. The highest BCUT2D eigenvalue weighted by atomic mass is 16.3. The van der Waals surface area contributed by atoms with E-state index in [-0.39, 0.29) is 11.3 Å². The summed E-state index contributed by atoms with van der Waals surface area (Å²) in [7, 11) is 0. The molecule has 0 spiro atoms. The number of hydrogen-bond donors (Lipinski definition) is 0. The molecule has 4 heteroatoms. The molecule has 1 aliphatic rings. The van der Waals surface area contributed by atoms with Crippen molar-refractivity contribution in [2.24, 2.45) is 0 Å². The van der Waals surface area contributed by atoms with E-state index in [0.717, 1.165) is 49.3 Å². The average Bonchev–Trinajstić information content (AvgIpc) is 3.11. The predicted molar refractivity (Wildman–Crippen MR) is 117 cm³/mol. The molecule has 1 saturated heterocycles. The summed E-state index contributed by atoms with van der Waals surface area (Å²) in [6.07, 6.45) is 2.15. The minimum Gasteiger partial charge on any atom is -0.464 e. The van der Waals surface area contributed by atoms with Crippen LogP contribution in [0.5, 0.6) is 0 Å². The van der Waals surface area contributed by atoms with Gasteiger partial charge in [-0.3, -0.25) is 9.69 Å². The number of amides is 1. The molecule has 152 valence electrons. The summed E-state index contributed by atoms with van der Waals surface area (Å²) in [6, 6.07) is 16.8. The largest absolute Gasteiger partial charge is 0.464 e. The van der Waals surface area contributed by atoms with Crippen molar-refractivity contribution >= 4 is 16.9 Å². The molecule has 1 aromatic heterocycles. The van der Waals surface area contributed by atoms with Crippen LogP contribution in [-0.4, -0.2) is 41.9 Å². The summed E-state index contributed by atoms with van der Waals surface area (Å²) in [5.41, 5.74) is 4.50. The van der Waals surface area contributed by atoms with Crippen LogP contribution in [0, 0.1) is 0 Å². The molecule has 0 saturated carbocycles. The highest BCUT2D eigenvalue weighted by Crippen LogP contribution is 2.29.